The molecule has 1 heterocycles. The van der Waals surface area contributed by atoms with Crippen LogP contribution >= 0.6 is 11.6 Å². The third kappa shape index (κ3) is 5.28. The smallest absolute Gasteiger partial charge is 0.262 e. The second-order valence-electron chi connectivity index (χ2n) is 6.31. The number of sulfonamides is 1. The summed E-state index contributed by atoms with van der Waals surface area (Å²) in [5, 5.41) is 3.36. The molecule has 0 aliphatic rings. The molecular formula is C21H20ClN3O4S. The number of ether oxygens (including phenoxy) is 1. The molecule has 7 nitrogen and oxygen atoms in total. The summed E-state index contributed by atoms with van der Waals surface area (Å²) < 4.78 is 33.3. The van der Waals surface area contributed by atoms with Crippen molar-refractivity contribution in [2.24, 2.45) is 0 Å². The fraction of sp³-hybridized carbons (Fsp3) is 0.143. The van der Waals surface area contributed by atoms with Crippen LogP contribution in [0.2, 0.25) is 5.02 Å². The number of halogens is 1. The Kier molecular flexibility index (Phi) is 6.91. The van der Waals surface area contributed by atoms with Gasteiger partial charge in [0.2, 0.25) is 0 Å². The molecule has 0 aliphatic heterocycles. The lowest BCUT2D eigenvalue weighted by molar-refractivity contribution is 0.0951. The van der Waals surface area contributed by atoms with E-state index in [2.05, 4.69) is 15.0 Å². The van der Waals surface area contributed by atoms with Gasteiger partial charge in [0.05, 0.1) is 30.8 Å². The lowest BCUT2D eigenvalue weighted by Gasteiger charge is -2.13. The first kappa shape index (κ1) is 21.6. The summed E-state index contributed by atoms with van der Waals surface area (Å²) in [6.07, 6.45) is 3.33. The largest absolute Gasteiger partial charge is 0.495 e. The van der Waals surface area contributed by atoms with Gasteiger partial charge in [0.15, 0.2) is 0 Å². The monoisotopic (exact) mass is 445 g/mol. The van der Waals surface area contributed by atoms with Crippen LogP contribution in [0.3, 0.4) is 0 Å². The predicted molar refractivity (Wildman–Crippen MR) is 116 cm³/mol. The first-order valence-electron chi connectivity index (χ1n) is 9.03. The maximum absolute atomic E-state index is 12.9. The van der Waals surface area contributed by atoms with Crippen LogP contribution in [0.5, 0.6) is 5.75 Å². The molecule has 0 spiro atoms. The van der Waals surface area contributed by atoms with Crippen molar-refractivity contribution in [3.05, 3.63) is 83.1 Å². The van der Waals surface area contributed by atoms with Crippen molar-refractivity contribution >= 4 is 33.2 Å². The van der Waals surface area contributed by atoms with Gasteiger partial charge in [-0.15, -0.1) is 0 Å². The first-order valence-corrected chi connectivity index (χ1v) is 10.9. The second kappa shape index (κ2) is 9.60. The second-order valence-corrected chi connectivity index (χ2v) is 8.37. The van der Waals surface area contributed by atoms with Crippen molar-refractivity contribution in [1.29, 1.82) is 0 Å². The summed E-state index contributed by atoms with van der Waals surface area (Å²) in [6.45, 7) is 0.310. The Balaban J connectivity index is 1.75. The lowest BCUT2D eigenvalue weighted by atomic mass is 10.1. The topological polar surface area (TPSA) is 97.4 Å². The maximum atomic E-state index is 12.9. The molecule has 0 unspecified atom stereocenters. The van der Waals surface area contributed by atoms with E-state index in [1.54, 1.807) is 18.2 Å². The van der Waals surface area contributed by atoms with Crippen LogP contribution in [0.4, 0.5) is 5.69 Å². The van der Waals surface area contributed by atoms with Crippen molar-refractivity contribution < 1.29 is 17.9 Å². The van der Waals surface area contributed by atoms with Gasteiger partial charge in [-0.1, -0.05) is 41.9 Å². The van der Waals surface area contributed by atoms with Gasteiger partial charge in [-0.3, -0.25) is 14.5 Å². The summed E-state index contributed by atoms with van der Waals surface area (Å²) in [7, 11) is -2.57. The SMILES string of the molecule is COc1cncc(NS(=O)(=O)c2ccccc2C(=O)NCCc2ccccc2Cl)c1. The van der Waals surface area contributed by atoms with E-state index < -0.39 is 15.9 Å². The molecule has 9 heteroatoms. The lowest BCUT2D eigenvalue weighted by Crippen LogP contribution is -2.28. The summed E-state index contributed by atoms with van der Waals surface area (Å²) in [5.41, 5.74) is 1.16. The van der Waals surface area contributed by atoms with Crippen molar-refractivity contribution in [3.63, 3.8) is 0 Å². The predicted octanol–water partition coefficient (Wildman–Crippen LogP) is 3.52. The minimum absolute atomic E-state index is 0.0417. The highest BCUT2D eigenvalue weighted by Crippen LogP contribution is 2.22. The normalized spacial score (nSPS) is 11.0. The molecule has 0 radical (unpaired) electrons. The number of rotatable bonds is 8. The molecule has 3 rings (SSSR count). The molecule has 156 valence electrons. The van der Waals surface area contributed by atoms with Gasteiger partial charge in [0, 0.05) is 17.6 Å². The zero-order valence-electron chi connectivity index (χ0n) is 16.1. The highest BCUT2D eigenvalue weighted by atomic mass is 35.5. The summed E-state index contributed by atoms with van der Waals surface area (Å²) in [4.78, 5) is 16.5. The Morgan fingerprint density at radius 1 is 1.10 bits per heavy atom. The Morgan fingerprint density at radius 3 is 2.60 bits per heavy atom. The maximum Gasteiger partial charge on any atom is 0.262 e. The van der Waals surface area contributed by atoms with Gasteiger partial charge in [-0.25, -0.2) is 8.42 Å². The van der Waals surface area contributed by atoms with E-state index in [4.69, 9.17) is 16.3 Å². The van der Waals surface area contributed by atoms with E-state index >= 15 is 0 Å². The highest BCUT2D eigenvalue weighted by Gasteiger charge is 2.22. The zero-order chi connectivity index (χ0) is 21.6. The molecule has 2 aromatic carbocycles. The Morgan fingerprint density at radius 2 is 1.83 bits per heavy atom. The highest BCUT2D eigenvalue weighted by molar-refractivity contribution is 7.92. The van der Waals surface area contributed by atoms with Crippen molar-refractivity contribution in [1.82, 2.24) is 10.3 Å². The molecule has 1 amide bonds. The third-order valence-electron chi connectivity index (χ3n) is 4.26. The summed E-state index contributed by atoms with van der Waals surface area (Å²) in [6, 6.07) is 14.8. The number of methoxy groups -OCH3 is 1. The fourth-order valence-electron chi connectivity index (χ4n) is 2.79. The number of nitrogens with one attached hydrogen (secondary N) is 2. The standard InChI is InChI=1S/C21H20ClN3O4S/c1-29-17-12-16(13-23-14-17)25-30(27,28)20-9-5-3-7-18(20)21(26)24-11-10-15-6-2-4-8-19(15)22/h2-9,12-14,25H,10-11H2,1H3,(H,24,26). The number of amides is 1. The molecule has 0 aliphatic carbocycles. The van der Waals surface area contributed by atoms with E-state index in [0.717, 1.165) is 5.56 Å². The van der Waals surface area contributed by atoms with Crippen LogP contribution in [0.1, 0.15) is 15.9 Å². The molecule has 2 N–H and O–H groups in total. The van der Waals surface area contributed by atoms with Crippen LogP contribution in [-0.2, 0) is 16.4 Å². The minimum atomic E-state index is -4.03. The van der Waals surface area contributed by atoms with E-state index in [0.29, 0.717) is 23.7 Å². The number of carbonyl (C=O) groups is 1. The van der Waals surface area contributed by atoms with Gasteiger partial charge in [-0.2, -0.15) is 0 Å². The molecule has 0 fully saturated rings. The minimum Gasteiger partial charge on any atom is -0.495 e. The Bertz CT molecular complexity index is 1150. The molecule has 3 aromatic rings. The van der Waals surface area contributed by atoms with Gasteiger partial charge in [0.25, 0.3) is 15.9 Å². The molecule has 0 saturated carbocycles. The number of aromatic nitrogens is 1. The van der Waals surface area contributed by atoms with Crippen LogP contribution < -0.4 is 14.8 Å². The number of pyridine rings is 1. The van der Waals surface area contributed by atoms with Gasteiger partial charge >= 0.3 is 0 Å². The number of anilines is 1. The fourth-order valence-corrected chi connectivity index (χ4v) is 4.26. The van der Waals surface area contributed by atoms with E-state index in [1.165, 1.54) is 37.7 Å². The molecule has 1 aromatic heterocycles. The molecule has 0 atom stereocenters. The third-order valence-corrected chi connectivity index (χ3v) is 6.07. The van der Waals surface area contributed by atoms with Crippen molar-refractivity contribution in [3.8, 4) is 5.75 Å². The molecule has 30 heavy (non-hydrogen) atoms. The van der Waals surface area contributed by atoms with Crippen molar-refractivity contribution in [2.75, 3.05) is 18.4 Å². The Hall–Kier alpha value is -3.10. The van der Waals surface area contributed by atoms with Gasteiger partial charge in [0.1, 0.15) is 10.6 Å². The van der Waals surface area contributed by atoms with E-state index in [9.17, 15) is 13.2 Å². The van der Waals surface area contributed by atoms with Gasteiger partial charge < -0.3 is 10.1 Å². The average molecular weight is 446 g/mol. The first-order chi connectivity index (χ1) is 14.4. The van der Waals surface area contributed by atoms with Crippen LogP contribution in [0.15, 0.2) is 71.9 Å². The van der Waals surface area contributed by atoms with Crippen LogP contribution in [0.25, 0.3) is 0 Å². The molecular weight excluding hydrogens is 426 g/mol. The summed E-state index contributed by atoms with van der Waals surface area (Å²) in [5.74, 6) is -0.0902. The van der Waals surface area contributed by atoms with Gasteiger partial charge in [-0.05, 0) is 30.2 Å². The number of hydrogen-bond acceptors (Lipinski definition) is 5. The number of nitrogens with zero attached hydrogens (tertiary/aromatic N) is 1. The Labute approximate surface area is 180 Å². The van der Waals surface area contributed by atoms with E-state index in [1.807, 2.05) is 18.2 Å². The number of carbonyl (C=O) groups excluding carboxylic acids is 1. The molecule has 0 bridgehead atoms. The van der Waals surface area contributed by atoms with Crippen molar-refractivity contribution in [2.45, 2.75) is 11.3 Å². The van der Waals surface area contributed by atoms with Crippen LogP contribution in [-0.4, -0.2) is 33.0 Å². The number of benzene rings is 2. The quantitative estimate of drug-likeness (QED) is 0.553. The number of hydrogen-bond donors (Lipinski definition) is 2. The summed E-state index contributed by atoms with van der Waals surface area (Å²) >= 11 is 6.13. The molecule has 0 saturated heterocycles. The zero-order valence-corrected chi connectivity index (χ0v) is 17.7. The van der Waals surface area contributed by atoms with Crippen LogP contribution in [0, 0.1) is 0 Å². The average Bonchev–Trinajstić information content (AvgIpc) is 2.75. The van der Waals surface area contributed by atoms with E-state index in [-0.39, 0.29) is 16.1 Å².